The minimum Gasteiger partial charge on any atom is -0.480 e. The Kier molecular flexibility index (Phi) is 4.53. The lowest BCUT2D eigenvalue weighted by Gasteiger charge is -2.17. The lowest BCUT2D eigenvalue weighted by Crippen LogP contribution is -2.30. The lowest BCUT2D eigenvalue weighted by atomic mass is 10.4. The third kappa shape index (κ3) is 3.37. The lowest BCUT2D eigenvalue weighted by molar-refractivity contribution is -0.135. The molecule has 0 amide bonds. The number of aromatic nitrogens is 2. The van der Waals surface area contributed by atoms with Gasteiger partial charge < -0.3 is 10.0 Å². The molecule has 0 aliphatic heterocycles. The summed E-state index contributed by atoms with van der Waals surface area (Å²) < 4.78 is 24.5. The van der Waals surface area contributed by atoms with E-state index >= 15 is 0 Å². The number of halogens is 2. The molecule has 0 saturated carbocycles. The largest absolute Gasteiger partial charge is 0.480 e. The topological polar surface area (TPSA) is 66.3 Å². The first-order valence-corrected chi connectivity index (χ1v) is 5.44. The molecule has 0 aliphatic rings. The minimum atomic E-state index is -2.67. The average Bonchev–Trinajstić information content (AvgIpc) is 2.65. The predicted molar refractivity (Wildman–Crippen MR) is 55.0 cm³/mol. The van der Waals surface area contributed by atoms with Gasteiger partial charge in [-0.3, -0.25) is 4.79 Å². The van der Waals surface area contributed by atoms with Crippen molar-refractivity contribution in [3.05, 3.63) is 5.01 Å². The zero-order valence-corrected chi connectivity index (χ0v) is 9.38. The highest BCUT2D eigenvalue weighted by Gasteiger charge is 2.18. The maximum absolute atomic E-state index is 12.3. The second-order valence-corrected chi connectivity index (χ2v) is 4.03. The van der Waals surface area contributed by atoms with Crippen LogP contribution in [0.5, 0.6) is 0 Å². The van der Waals surface area contributed by atoms with Crippen molar-refractivity contribution in [3.63, 3.8) is 0 Å². The summed E-state index contributed by atoms with van der Waals surface area (Å²) in [6.45, 7) is 2.06. The number of nitrogens with zero attached hydrogens (tertiary/aromatic N) is 3. The summed E-state index contributed by atoms with van der Waals surface area (Å²) in [4.78, 5) is 12.0. The van der Waals surface area contributed by atoms with Crippen LogP contribution in [-0.4, -0.2) is 34.4 Å². The van der Waals surface area contributed by atoms with Crippen molar-refractivity contribution in [2.24, 2.45) is 0 Å². The molecule has 0 atom stereocenters. The molecular formula is C8H11F2N3O2S. The summed E-state index contributed by atoms with van der Waals surface area (Å²) in [6.07, 6.45) is -1.96. The number of alkyl halides is 2. The van der Waals surface area contributed by atoms with Crippen LogP contribution in [0.1, 0.15) is 24.8 Å². The monoisotopic (exact) mass is 251 g/mol. The number of rotatable bonds is 6. The highest BCUT2D eigenvalue weighted by molar-refractivity contribution is 7.15. The van der Waals surface area contributed by atoms with Gasteiger partial charge >= 0.3 is 5.97 Å². The SMILES string of the molecule is CCCN(CC(=O)O)c1nnc(C(F)F)s1. The third-order valence-corrected chi connectivity index (χ3v) is 2.70. The summed E-state index contributed by atoms with van der Waals surface area (Å²) in [5.74, 6) is -1.03. The number of anilines is 1. The Hall–Kier alpha value is -1.31. The van der Waals surface area contributed by atoms with E-state index in [2.05, 4.69) is 10.2 Å². The van der Waals surface area contributed by atoms with Gasteiger partial charge in [-0.15, -0.1) is 10.2 Å². The number of carbonyl (C=O) groups is 1. The van der Waals surface area contributed by atoms with E-state index in [0.29, 0.717) is 13.0 Å². The smallest absolute Gasteiger partial charge is 0.323 e. The first kappa shape index (κ1) is 12.8. The van der Waals surface area contributed by atoms with Gasteiger partial charge in [-0.05, 0) is 6.42 Å². The first-order chi connectivity index (χ1) is 7.54. The highest BCUT2D eigenvalue weighted by Crippen LogP contribution is 2.27. The van der Waals surface area contributed by atoms with Crippen LogP contribution in [0.4, 0.5) is 13.9 Å². The molecule has 90 valence electrons. The van der Waals surface area contributed by atoms with Gasteiger partial charge in [-0.2, -0.15) is 0 Å². The highest BCUT2D eigenvalue weighted by atomic mass is 32.1. The fraction of sp³-hybridized carbons (Fsp3) is 0.625. The van der Waals surface area contributed by atoms with Crippen LogP contribution < -0.4 is 4.90 Å². The summed E-state index contributed by atoms with van der Waals surface area (Å²) in [6, 6.07) is 0. The van der Waals surface area contributed by atoms with Crippen LogP contribution in [0.3, 0.4) is 0 Å². The standard InChI is InChI=1S/C8H11F2N3O2S/c1-2-3-13(4-5(14)15)8-12-11-7(16-8)6(9)10/h6H,2-4H2,1H3,(H,14,15). The third-order valence-electron chi connectivity index (χ3n) is 1.71. The second kappa shape index (κ2) is 5.69. The van der Waals surface area contributed by atoms with E-state index in [1.54, 1.807) is 0 Å². The fourth-order valence-electron chi connectivity index (χ4n) is 1.12. The Labute approximate surface area is 94.7 Å². The van der Waals surface area contributed by atoms with Gasteiger partial charge in [-0.1, -0.05) is 18.3 Å². The second-order valence-electron chi connectivity index (χ2n) is 3.04. The predicted octanol–water partition coefficient (Wildman–Crippen LogP) is 1.78. The maximum Gasteiger partial charge on any atom is 0.323 e. The van der Waals surface area contributed by atoms with E-state index in [-0.39, 0.29) is 16.7 Å². The quantitative estimate of drug-likeness (QED) is 0.834. The van der Waals surface area contributed by atoms with Crippen LogP contribution in [0.15, 0.2) is 0 Å². The number of hydrogen-bond acceptors (Lipinski definition) is 5. The Morgan fingerprint density at radius 3 is 2.69 bits per heavy atom. The fourth-order valence-corrected chi connectivity index (χ4v) is 1.84. The molecular weight excluding hydrogens is 240 g/mol. The molecule has 0 fully saturated rings. The van der Waals surface area contributed by atoms with Crippen LogP contribution in [0.25, 0.3) is 0 Å². The van der Waals surface area contributed by atoms with Crippen molar-refractivity contribution in [2.75, 3.05) is 18.0 Å². The number of aliphatic carboxylic acids is 1. The van der Waals surface area contributed by atoms with Gasteiger partial charge in [0.2, 0.25) is 5.13 Å². The maximum atomic E-state index is 12.3. The first-order valence-electron chi connectivity index (χ1n) is 4.63. The molecule has 0 radical (unpaired) electrons. The molecule has 1 N–H and O–H groups in total. The van der Waals surface area contributed by atoms with Crippen molar-refractivity contribution in [2.45, 2.75) is 19.8 Å². The van der Waals surface area contributed by atoms with Crippen molar-refractivity contribution in [1.82, 2.24) is 10.2 Å². The Balaban J connectivity index is 2.79. The normalized spacial score (nSPS) is 10.8. The van der Waals surface area contributed by atoms with Crippen LogP contribution >= 0.6 is 11.3 Å². The Morgan fingerprint density at radius 2 is 2.25 bits per heavy atom. The molecule has 0 bridgehead atoms. The van der Waals surface area contributed by atoms with Gasteiger partial charge in [0.15, 0.2) is 5.01 Å². The number of carboxylic acids is 1. The Morgan fingerprint density at radius 1 is 1.56 bits per heavy atom. The van der Waals surface area contributed by atoms with Crippen molar-refractivity contribution >= 4 is 22.4 Å². The van der Waals surface area contributed by atoms with E-state index in [0.717, 1.165) is 11.3 Å². The van der Waals surface area contributed by atoms with Gasteiger partial charge in [-0.25, -0.2) is 8.78 Å². The molecule has 0 aromatic carbocycles. The molecule has 1 heterocycles. The minimum absolute atomic E-state index is 0.222. The summed E-state index contributed by atoms with van der Waals surface area (Å²) in [5, 5.41) is 15.4. The summed E-state index contributed by atoms with van der Waals surface area (Å²) >= 11 is 0.721. The van der Waals surface area contributed by atoms with Crippen LogP contribution in [-0.2, 0) is 4.79 Å². The zero-order valence-electron chi connectivity index (χ0n) is 8.56. The van der Waals surface area contributed by atoms with E-state index in [1.165, 1.54) is 4.90 Å². The van der Waals surface area contributed by atoms with E-state index < -0.39 is 12.4 Å². The van der Waals surface area contributed by atoms with Gasteiger partial charge in [0.05, 0.1) is 0 Å². The van der Waals surface area contributed by atoms with Gasteiger partial charge in [0, 0.05) is 6.54 Å². The molecule has 5 nitrogen and oxygen atoms in total. The molecule has 1 rings (SSSR count). The Bertz CT molecular complexity index is 359. The molecule has 1 aromatic heterocycles. The van der Waals surface area contributed by atoms with Crippen LogP contribution in [0.2, 0.25) is 0 Å². The molecule has 0 spiro atoms. The molecule has 8 heteroatoms. The molecule has 16 heavy (non-hydrogen) atoms. The van der Waals surface area contributed by atoms with Gasteiger partial charge in [0.1, 0.15) is 6.54 Å². The molecule has 0 aliphatic carbocycles. The number of carboxylic acid groups (broad SMARTS) is 1. The zero-order chi connectivity index (χ0) is 12.1. The van der Waals surface area contributed by atoms with Crippen molar-refractivity contribution < 1.29 is 18.7 Å². The van der Waals surface area contributed by atoms with Gasteiger partial charge in [0.25, 0.3) is 6.43 Å². The van der Waals surface area contributed by atoms with Crippen molar-refractivity contribution in [1.29, 1.82) is 0 Å². The molecule has 0 saturated heterocycles. The van der Waals surface area contributed by atoms with Crippen LogP contribution in [0, 0.1) is 0 Å². The molecule has 1 aromatic rings. The van der Waals surface area contributed by atoms with E-state index in [4.69, 9.17) is 5.11 Å². The summed E-state index contributed by atoms with van der Waals surface area (Å²) in [7, 11) is 0. The van der Waals surface area contributed by atoms with Crippen molar-refractivity contribution in [3.8, 4) is 0 Å². The van der Waals surface area contributed by atoms with E-state index in [9.17, 15) is 13.6 Å². The summed E-state index contributed by atoms with van der Waals surface area (Å²) in [5.41, 5.74) is 0. The van der Waals surface area contributed by atoms with E-state index in [1.807, 2.05) is 6.92 Å². The molecule has 0 unspecified atom stereocenters. The number of hydrogen-bond donors (Lipinski definition) is 1. The average molecular weight is 251 g/mol.